The van der Waals surface area contributed by atoms with Crippen LogP contribution < -0.4 is 0 Å². The van der Waals surface area contributed by atoms with Gasteiger partial charge in [-0.2, -0.15) is 4.98 Å². The van der Waals surface area contributed by atoms with Crippen molar-refractivity contribution < 1.29 is 8.91 Å². The fraction of sp³-hybridized carbons (Fsp3) is 0.333. The number of hydrogen-bond acceptors (Lipinski definition) is 3. The van der Waals surface area contributed by atoms with Crippen LogP contribution in [-0.2, 0) is 0 Å². The smallest absolute Gasteiger partial charge is 0.260 e. The monoisotopic (exact) mass is 254 g/mol. The van der Waals surface area contributed by atoms with Crippen molar-refractivity contribution in [3.05, 3.63) is 35.4 Å². The highest BCUT2D eigenvalue weighted by molar-refractivity contribution is 6.20. The normalized spacial score (nSPS) is 12.7. The zero-order valence-electron chi connectivity index (χ0n) is 9.58. The van der Waals surface area contributed by atoms with E-state index in [1.807, 2.05) is 13.8 Å². The van der Waals surface area contributed by atoms with Crippen LogP contribution >= 0.6 is 11.6 Å². The van der Waals surface area contributed by atoms with Crippen molar-refractivity contribution in [1.29, 1.82) is 0 Å². The maximum Gasteiger partial charge on any atom is 0.260 e. The number of nitrogens with zero attached hydrogens (tertiary/aromatic N) is 2. The first-order chi connectivity index (χ1) is 8.11. The molecule has 0 aliphatic rings. The van der Waals surface area contributed by atoms with Gasteiger partial charge in [0.1, 0.15) is 5.82 Å². The van der Waals surface area contributed by atoms with Crippen LogP contribution in [0.4, 0.5) is 4.39 Å². The Balaban J connectivity index is 2.40. The second-order valence-electron chi connectivity index (χ2n) is 3.82. The van der Waals surface area contributed by atoms with E-state index in [2.05, 4.69) is 10.1 Å². The van der Waals surface area contributed by atoms with E-state index in [1.165, 1.54) is 6.07 Å². The molecule has 0 spiro atoms. The second kappa shape index (κ2) is 4.84. The van der Waals surface area contributed by atoms with Crippen LogP contribution in [0.3, 0.4) is 0 Å². The largest absolute Gasteiger partial charge is 0.334 e. The number of alkyl halides is 1. The lowest BCUT2D eigenvalue weighted by Crippen LogP contribution is -1.91. The van der Waals surface area contributed by atoms with Crippen LogP contribution in [0, 0.1) is 12.7 Å². The van der Waals surface area contributed by atoms with Gasteiger partial charge in [-0.05, 0) is 25.5 Å². The molecule has 90 valence electrons. The van der Waals surface area contributed by atoms with E-state index in [0.717, 1.165) is 5.56 Å². The number of hydrogen-bond donors (Lipinski definition) is 0. The van der Waals surface area contributed by atoms with Gasteiger partial charge in [0.05, 0.1) is 10.9 Å². The molecule has 0 radical (unpaired) electrons. The Hall–Kier alpha value is -1.42. The highest BCUT2D eigenvalue weighted by Crippen LogP contribution is 2.26. The van der Waals surface area contributed by atoms with Crippen molar-refractivity contribution in [1.82, 2.24) is 10.1 Å². The quantitative estimate of drug-likeness (QED) is 0.781. The molecule has 0 aliphatic heterocycles. The zero-order valence-corrected chi connectivity index (χ0v) is 10.3. The molecule has 2 rings (SSSR count). The van der Waals surface area contributed by atoms with Gasteiger partial charge in [-0.3, -0.25) is 0 Å². The molecule has 1 aromatic heterocycles. The zero-order chi connectivity index (χ0) is 12.4. The van der Waals surface area contributed by atoms with Gasteiger partial charge in [-0.25, -0.2) is 4.39 Å². The van der Waals surface area contributed by atoms with Gasteiger partial charge in [0.2, 0.25) is 0 Å². The van der Waals surface area contributed by atoms with Crippen molar-refractivity contribution in [3.63, 3.8) is 0 Å². The lowest BCUT2D eigenvalue weighted by molar-refractivity contribution is 0.419. The van der Waals surface area contributed by atoms with Gasteiger partial charge in [0, 0.05) is 0 Å². The SMILES string of the molecule is CCC(Cl)c1noc(-c2cc(C)ccc2F)n1. The molecular formula is C12H12ClFN2O. The third kappa shape index (κ3) is 2.47. The lowest BCUT2D eigenvalue weighted by atomic mass is 10.1. The average Bonchev–Trinajstić information content (AvgIpc) is 2.80. The fourth-order valence-electron chi connectivity index (χ4n) is 1.46. The molecule has 1 atom stereocenters. The van der Waals surface area contributed by atoms with Crippen LogP contribution in [0.2, 0.25) is 0 Å². The minimum atomic E-state index is -0.381. The Bertz CT molecular complexity index is 527. The summed E-state index contributed by atoms with van der Waals surface area (Å²) in [5, 5.41) is 3.44. The lowest BCUT2D eigenvalue weighted by Gasteiger charge is -1.99. The summed E-state index contributed by atoms with van der Waals surface area (Å²) in [6.45, 7) is 3.79. The summed E-state index contributed by atoms with van der Waals surface area (Å²) in [7, 11) is 0. The number of benzene rings is 1. The highest BCUT2D eigenvalue weighted by atomic mass is 35.5. The molecule has 0 N–H and O–H groups in total. The number of halogens is 2. The Morgan fingerprint density at radius 1 is 1.47 bits per heavy atom. The molecule has 0 aliphatic carbocycles. The summed E-state index contributed by atoms with van der Waals surface area (Å²) >= 11 is 5.98. The van der Waals surface area contributed by atoms with Crippen LogP contribution in [0.15, 0.2) is 22.7 Å². The molecule has 0 amide bonds. The number of aromatic nitrogens is 2. The first kappa shape index (κ1) is 12.0. The van der Waals surface area contributed by atoms with Crippen molar-refractivity contribution in [3.8, 4) is 11.5 Å². The second-order valence-corrected chi connectivity index (χ2v) is 4.34. The molecular weight excluding hydrogens is 243 g/mol. The molecule has 1 aromatic carbocycles. The molecule has 5 heteroatoms. The summed E-state index contributed by atoms with van der Waals surface area (Å²) in [5.74, 6) is 0.179. The molecule has 17 heavy (non-hydrogen) atoms. The molecule has 0 bridgehead atoms. The van der Waals surface area contributed by atoms with E-state index in [9.17, 15) is 4.39 Å². The van der Waals surface area contributed by atoms with Gasteiger partial charge in [0.15, 0.2) is 5.82 Å². The predicted molar refractivity (Wildman–Crippen MR) is 63.3 cm³/mol. The maximum atomic E-state index is 13.6. The minimum absolute atomic E-state index is 0.167. The van der Waals surface area contributed by atoms with E-state index in [4.69, 9.17) is 16.1 Å². The Morgan fingerprint density at radius 2 is 2.24 bits per heavy atom. The molecule has 0 saturated carbocycles. The summed E-state index contributed by atoms with van der Waals surface area (Å²) in [6.07, 6.45) is 0.691. The molecule has 1 heterocycles. The van der Waals surface area contributed by atoms with Crippen molar-refractivity contribution in [2.24, 2.45) is 0 Å². The molecule has 2 aromatic rings. The third-order valence-corrected chi connectivity index (χ3v) is 2.94. The van der Waals surface area contributed by atoms with Crippen LogP contribution in [0.1, 0.15) is 30.1 Å². The standard InChI is InChI=1S/C12H12ClFN2O/c1-3-9(13)11-15-12(17-16-11)8-6-7(2)4-5-10(8)14/h4-6,9H,3H2,1-2H3. The van der Waals surface area contributed by atoms with Crippen molar-refractivity contribution in [2.75, 3.05) is 0 Å². The minimum Gasteiger partial charge on any atom is -0.334 e. The Morgan fingerprint density at radius 3 is 2.94 bits per heavy atom. The van der Waals surface area contributed by atoms with Gasteiger partial charge in [-0.15, -0.1) is 11.6 Å². The molecule has 1 unspecified atom stereocenters. The van der Waals surface area contributed by atoms with Gasteiger partial charge >= 0.3 is 0 Å². The third-order valence-electron chi connectivity index (χ3n) is 2.43. The number of rotatable bonds is 3. The van der Waals surface area contributed by atoms with Crippen LogP contribution in [-0.4, -0.2) is 10.1 Å². The van der Waals surface area contributed by atoms with Crippen LogP contribution in [0.25, 0.3) is 11.5 Å². The van der Waals surface area contributed by atoms with Crippen molar-refractivity contribution >= 4 is 11.6 Å². The van der Waals surface area contributed by atoms with E-state index in [1.54, 1.807) is 12.1 Å². The first-order valence-corrected chi connectivity index (χ1v) is 5.79. The van der Waals surface area contributed by atoms with Gasteiger partial charge in [0.25, 0.3) is 5.89 Å². The summed E-state index contributed by atoms with van der Waals surface area (Å²) in [5.41, 5.74) is 1.24. The van der Waals surface area contributed by atoms with Gasteiger partial charge < -0.3 is 4.52 Å². The van der Waals surface area contributed by atoms with E-state index in [-0.39, 0.29) is 17.1 Å². The summed E-state index contributed by atoms with van der Waals surface area (Å²) in [6, 6.07) is 4.74. The van der Waals surface area contributed by atoms with Crippen molar-refractivity contribution in [2.45, 2.75) is 25.6 Å². The average molecular weight is 255 g/mol. The van der Waals surface area contributed by atoms with E-state index < -0.39 is 0 Å². The maximum absolute atomic E-state index is 13.6. The van der Waals surface area contributed by atoms with Gasteiger partial charge in [-0.1, -0.05) is 23.7 Å². The predicted octanol–water partition coefficient (Wildman–Crippen LogP) is 3.87. The highest BCUT2D eigenvalue weighted by Gasteiger charge is 2.17. The Kier molecular flexibility index (Phi) is 3.43. The molecule has 0 saturated heterocycles. The topological polar surface area (TPSA) is 38.9 Å². The summed E-state index contributed by atoms with van der Waals surface area (Å²) < 4.78 is 18.6. The number of aryl methyl sites for hydroxylation is 1. The fourth-order valence-corrected chi connectivity index (χ4v) is 1.55. The van der Waals surface area contributed by atoms with Crippen LogP contribution in [0.5, 0.6) is 0 Å². The summed E-state index contributed by atoms with van der Waals surface area (Å²) in [4.78, 5) is 4.10. The van der Waals surface area contributed by atoms with E-state index in [0.29, 0.717) is 17.8 Å². The Labute approximate surface area is 104 Å². The first-order valence-electron chi connectivity index (χ1n) is 5.36. The molecule has 0 fully saturated rings. The molecule has 3 nitrogen and oxygen atoms in total. The van der Waals surface area contributed by atoms with E-state index >= 15 is 0 Å².